The third-order valence-electron chi connectivity index (χ3n) is 12.0. The molecule has 0 aromatic rings. The van der Waals surface area contributed by atoms with Crippen LogP contribution < -0.4 is 22.1 Å². The lowest BCUT2D eigenvalue weighted by Gasteiger charge is -2.46. The summed E-state index contributed by atoms with van der Waals surface area (Å²) in [6.45, 7) is -4.47. The molecule has 4 atom stereocenters. The predicted molar refractivity (Wildman–Crippen MR) is 201 cm³/mol. The highest BCUT2D eigenvalue weighted by atomic mass is 31.1. The minimum Gasteiger partial charge on any atom is -0.566 e. The number of alkyl halides is 58. The summed E-state index contributed by atoms with van der Waals surface area (Å²) in [5, 5.41) is 17.7. The zero-order chi connectivity index (χ0) is 84.6. The number of halogens is 58. The number of aliphatic hydroxyl groups excluding tert-OH is 2. The van der Waals surface area contributed by atoms with Crippen LogP contribution in [-0.2, 0) is 18.2 Å². The molecule has 0 amide bonds. The van der Waals surface area contributed by atoms with Crippen molar-refractivity contribution in [3.8, 4) is 0 Å². The molecule has 0 rings (SSSR count). The van der Waals surface area contributed by atoms with Gasteiger partial charge in [-0.05, 0) is 9.13 Å². The molecule has 0 aromatic heterocycles. The van der Waals surface area contributed by atoms with E-state index < -0.39 is 221 Å². The third kappa shape index (κ3) is 14.7. The van der Waals surface area contributed by atoms with Crippen LogP contribution in [0.15, 0.2) is 0 Å². The van der Waals surface area contributed by atoms with Crippen LogP contribution in [0.25, 0.3) is 0 Å². The van der Waals surface area contributed by atoms with Gasteiger partial charge in [0.2, 0.25) is 0 Å². The van der Waals surface area contributed by atoms with Crippen molar-refractivity contribution < 1.29 is 293 Å². The van der Waals surface area contributed by atoms with Crippen molar-refractivity contribution >= 4 is 16.5 Å². The third-order valence-corrected chi connectivity index (χ3v) is 12.8. The van der Waals surface area contributed by atoms with Gasteiger partial charge in [0.05, 0.1) is 12.2 Å². The van der Waals surface area contributed by atoms with E-state index in [9.17, 15) is 274 Å². The van der Waals surface area contributed by atoms with E-state index in [2.05, 4.69) is 9.05 Å². The van der Waals surface area contributed by atoms with Gasteiger partial charge < -0.3 is 32.3 Å². The maximum atomic E-state index is 13.9. The fourth-order valence-electron chi connectivity index (χ4n) is 6.02. The summed E-state index contributed by atoms with van der Waals surface area (Å²) in [5.74, 6) is -244. The van der Waals surface area contributed by atoms with Crippen LogP contribution in [0.5, 0.6) is 0 Å². The van der Waals surface area contributed by atoms with Crippen LogP contribution in [0.1, 0.15) is 12.8 Å². The Morgan fingerprint density at radius 1 is 0.212 bits per heavy atom. The van der Waals surface area contributed by atoms with Crippen molar-refractivity contribution in [1.29, 1.82) is 0 Å². The fourth-order valence-corrected chi connectivity index (χ4v) is 6.61. The Balaban J connectivity index is -0.000000943. The van der Waals surface area contributed by atoms with Crippen LogP contribution in [0, 0.1) is 0 Å². The van der Waals surface area contributed by atoms with Gasteiger partial charge in [-0.15, -0.1) is 9.05 Å². The maximum absolute atomic E-state index is 13.9. The van der Waals surface area contributed by atoms with Crippen LogP contribution in [0.3, 0.4) is 0 Å². The van der Waals surface area contributed by atoms with Crippen molar-refractivity contribution in [1.82, 2.24) is 12.3 Å². The summed E-state index contributed by atoms with van der Waals surface area (Å²) >= 11 is 0. The second kappa shape index (κ2) is 28.6. The van der Waals surface area contributed by atoms with E-state index in [1.54, 1.807) is 0 Å². The molecular formula is C34H20F58N2O8P2+2. The molecule has 0 saturated heterocycles. The lowest BCUT2D eigenvalue weighted by molar-refractivity contribution is -0.487. The zero-order valence-electron chi connectivity index (χ0n) is 46.1. The van der Waals surface area contributed by atoms with Gasteiger partial charge in [-0.3, -0.25) is 0 Å². The molecule has 4 unspecified atom stereocenters. The van der Waals surface area contributed by atoms with Crippen molar-refractivity contribution in [2.24, 2.45) is 0 Å². The van der Waals surface area contributed by atoms with E-state index >= 15 is 0 Å². The van der Waals surface area contributed by atoms with Crippen molar-refractivity contribution in [3.63, 3.8) is 0 Å². The lowest BCUT2D eigenvalue weighted by atomic mass is 9.83. The van der Waals surface area contributed by atoms with Gasteiger partial charge in [0.1, 0.15) is 13.2 Å². The minimum absolute atomic E-state index is 0. The first-order valence-corrected chi connectivity index (χ1v) is 24.2. The second-order valence-electron chi connectivity index (χ2n) is 18.9. The summed E-state index contributed by atoms with van der Waals surface area (Å²) in [6, 6.07) is 0. The molecule has 0 aliphatic rings. The summed E-state index contributed by atoms with van der Waals surface area (Å²) in [4.78, 5) is 20.1. The molecule has 70 heteroatoms. The maximum Gasteiger partial charge on any atom is 0.488 e. The number of quaternary nitrogens is 2. The molecule has 0 fully saturated rings. The molecule has 10 N–H and O–H groups in total. The van der Waals surface area contributed by atoms with Gasteiger partial charge in [-0.2, -0.15) is 255 Å². The molecule has 0 aliphatic carbocycles. The summed E-state index contributed by atoms with van der Waals surface area (Å²) in [5.41, 5.74) is 0. The Kier molecular flexibility index (Phi) is 29.2. The Morgan fingerprint density at radius 3 is 0.404 bits per heavy atom. The molecule has 0 saturated carbocycles. The van der Waals surface area contributed by atoms with Gasteiger partial charge in [0.25, 0.3) is 0 Å². The number of hydrogen-bond acceptors (Lipinski definition) is 8. The van der Waals surface area contributed by atoms with Crippen LogP contribution in [0.4, 0.5) is 255 Å². The molecule has 0 heterocycles. The Hall–Kier alpha value is -4.18. The lowest BCUT2D eigenvalue weighted by Crippen LogP contribution is -2.79. The van der Waals surface area contributed by atoms with E-state index in [4.69, 9.17) is 10.2 Å². The minimum atomic E-state index is -10.0. The Morgan fingerprint density at radius 2 is 0.308 bits per heavy atom. The summed E-state index contributed by atoms with van der Waals surface area (Å²) < 4.78 is 807. The van der Waals surface area contributed by atoms with Crippen molar-refractivity contribution in [2.45, 2.75) is 191 Å². The topological polar surface area (TPSA) is 212 Å². The summed E-state index contributed by atoms with van der Waals surface area (Å²) in [6.07, 6.45) is -31.1. The Labute approximate surface area is 527 Å². The molecule has 0 aliphatic heterocycles. The second-order valence-corrected chi connectivity index (χ2v) is 20.4. The van der Waals surface area contributed by atoms with E-state index in [0.717, 1.165) is 0 Å². The highest BCUT2D eigenvalue weighted by molar-refractivity contribution is 7.30. The van der Waals surface area contributed by atoms with E-state index in [-0.39, 0.29) is 12.3 Å². The quantitative estimate of drug-likeness (QED) is 0.0359. The number of hydrogen-bond donors (Lipinski definition) is 4. The molecule has 10 nitrogen and oxygen atoms in total. The molecule has 104 heavy (non-hydrogen) atoms. The smallest absolute Gasteiger partial charge is 0.488 e. The monoisotopic (exact) mass is 1750 g/mol. The summed E-state index contributed by atoms with van der Waals surface area (Å²) in [7, 11) is -8.53. The predicted octanol–water partition coefficient (Wildman–Crippen LogP) is 17.9. The first-order valence-electron chi connectivity index (χ1n) is 22.0. The van der Waals surface area contributed by atoms with Crippen LogP contribution >= 0.6 is 16.5 Å². The largest absolute Gasteiger partial charge is 0.566 e. The van der Waals surface area contributed by atoms with Crippen LogP contribution in [0.2, 0.25) is 0 Å². The molecule has 0 aromatic carbocycles. The standard InChI is InChI=1S/2C17H6F29O4P.2H3N/c2*18-4(19,1-3(47)2-50-51(48)49)5(20,21)6(22,23)7(24,25)8(26,27)9(28,29)10(30,31)11(32,33)12(34,35)13(36,37)14(38,39)15(40,41)16(42,43)17(44,45)46;;/h2*3,47H,1-2H2;2*1H3/p+2. The van der Waals surface area contributed by atoms with E-state index in [1.807, 2.05) is 0 Å². The molecule has 0 radical (unpaired) electrons. The van der Waals surface area contributed by atoms with Gasteiger partial charge >= 0.3 is 183 Å². The van der Waals surface area contributed by atoms with Gasteiger partial charge in [0, 0.05) is 12.8 Å². The average molecular weight is 1750 g/mol. The first kappa shape index (κ1) is 106. The number of rotatable bonds is 34. The highest BCUT2D eigenvalue weighted by Crippen LogP contribution is 2.72. The van der Waals surface area contributed by atoms with E-state index in [0.29, 0.717) is 0 Å². The van der Waals surface area contributed by atoms with Gasteiger partial charge in [-0.1, -0.05) is 0 Å². The molecular weight excluding hydrogens is 1730 g/mol. The number of aliphatic hydroxyl groups is 2. The van der Waals surface area contributed by atoms with Crippen molar-refractivity contribution in [2.75, 3.05) is 13.2 Å². The van der Waals surface area contributed by atoms with E-state index in [1.165, 1.54) is 0 Å². The molecule has 0 bridgehead atoms. The zero-order valence-corrected chi connectivity index (χ0v) is 47.9. The molecule has 628 valence electrons. The fraction of sp³-hybridized carbons (Fsp3) is 1.00. The normalized spacial score (nSPS) is 17.2. The highest BCUT2D eigenvalue weighted by Gasteiger charge is 3.04. The Bertz CT molecular complexity index is 2750. The first-order chi connectivity index (χ1) is 43.1. The van der Waals surface area contributed by atoms with Crippen LogP contribution in [-0.4, -0.2) is 202 Å². The SMILES string of the molecule is O=[P+]([O-])OCC(O)CC(F)(F)C(F)(F)C(F)(F)C(F)(F)C(F)(F)C(F)(F)C(F)(F)C(F)(F)C(F)(F)C(F)(F)C(F)(F)C(F)(F)C(F)(F)C(F)(F)F.O=[P+]([O-])OCC(O)CC(F)(F)C(F)(F)C(F)(F)C(F)(F)C(F)(F)C(F)(F)C(F)(F)C(F)(F)C(F)(F)C(F)(F)C(F)(F)C(F)(F)C(F)(F)C(F)(F)F.[NH4+].[NH4+]. The van der Waals surface area contributed by atoms with Gasteiger partial charge in [-0.25, -0.2) is 0 Å². The van der Waals surface area contributed by atoms with Gasteiger partial charge in [0.15, 0.2) is 0 Å². The molecule has 0 spiro atoms. The average Bonchev–Trinajstić information content (AvgIpc) is 0.703. The van der Waals surface area contributed by atoms with Crippen molar-refractivity contribution in [3.05, 3.63) is 0 Å².